The van der Waals surface area contributed by atoms with E-state index in [9.17, 15) is 22.4 Å². The number of allylic oxidation sites excluding steroid dienone is 1. The summed E-state index contributed by atoms with van der Waals surface area (Å²) < 4.78 is 59.2. The first-order valence-electron chi connectivity index (χ1n) is 12.6. The minimum Gasteiger partial charge on any atom is -0.296 e. The normalized spacial score (nSPS) is 15.0. The fourth-order valence-electron chi connectivity index (χ4n) is 4.87. The Morgan fingerprint density at radius 1 is 1.05 bits per heavy atom. The second-order valence-electron chi connectivity index (χ2n) is 9.68. The number of hydrogen-bond donors (Lipinski definition) is 2. The number of nitrogens with one attached hydrogen (secondary N) is 2. The van der Waals surface area contributed by atoms with Crippen LogP contribution >= 0.6 is 11.6 Å². The van der Waals surface area contributed by atoms with Crippen LogP contribution in [0.2, 0.25) is 5.02 Å². The molecule has 0 radical (unpaired) electrons. The second-order valence-corrected chi connectivity index (χ2v) is 10.1. The number of fused-ring (bicyclic) bond motifs is 1. The van der Waals surface area contributed by atoms with Gasteiger partial charge >= 0.3 is 11.9 Å². The first kappa shape index (κ1) is 26.7. The Morgan fingerprint density at radius 3 is 2.44 bits per heavy atom. The van der Waals surface area contributed by atoms with Gasteiger partial charge < -0.3 is 0 Å². The third kappa shape index (κ3) is 5.32. The highest BCUT2D eigenvalue weighted by atomic mass is 35.5. The Bertz CT molecular complexity index is 1860. The van der Waals surface area contributed by atoms with Crippen molar-refractivity contribution >= 4 is 45.8 Å². The molecule has 1 fully saturated rings. The van der Waals surface area contributed by atoms with Crippen molar-refractivity contribution in [2.45, 2.75) is 25.4 Å². The van der Waals surface area contributed by atoms with Crippen molar-refractivity contribution < 1.29 is 22.1 Å². The van der Waals surface area contributed by atoms with E-state index in [1.807, 2.05) is 24.3 Å². The Morgan fingerprint density at radius 2 is 1.80 bits per heavy atom. The van der Waals surface area contributed by atoms with Gasteiger partial charge in [-0.2, -0.15) is 17.6 Å². The quantitative estimate of drug-likeness (QED) is 0.204. The average Bonchev–Trinajstić information content (AvgIpc) is 3.51. The maximum atomic E-state index is 14.5. The van der Waals surface area contributed by atoms with Crippen LogP contribution in [0.3, 0.4) is 0 Å². The molecule has 5 aromatic rings. The lowest BCUT2D eigenvalue weighted by atomic mass is 9.74. The van der Waals surface area contributed by atoms with Gasteiger partial charge in [0.15, 0.2) is 5.82 Å². The Hall–Kier alpha value is -4.51. The fraction of sp³-hybridized carbons (Fsp3) is 0.172. The van der Waals surface area contributed by atoms with Crippen molar-refractivity contribution in [1.82, 2.24) is 25.3 Å². The van der Waals surface area contributed by atoms with E-state index in [0.29, 0.717) is 22.2 Å². The van der Waals surface area contributed by atoms with Gasteiger partial charge in [-0.15, -0.1) is 5.10 Å². The summed E-state index contributed by atoms with van der Waals surface area (Å²) in [4.78, 5) is 17.8. The topological polar surface area (TPSA) is 100 Å². The van der Waals surface area contributed by atoms with Crippen molar-refractivity contribution in [2.24, 2.45) is 5.92 Å². The predicted octanol–water partition coefficient (Wildman–Crippen LogP) is 7.38. The van der Waals surface area contributed by atoms with Crippen molar-refractivity contribution in [3.05, 3.63) is 110 Å². The molecule has 208 valence electrons. The lowest BCUT2D eigenvalue weighted by molar-refractivity contribution is -0.137. The number of pyridine rings is 1. The third-order valence-corrected chi connectivity index (χ3v) is 7.39. The van der Waals surface area contributed by atoms with E-state index < -0.39 is 23.4 Å². The zero-order valence-electron chi connectivity index (χ0n) is 21.1. The molecule has 6 rings (SSSR count). The zero-order chi connectivity index (χ0) is 28.7. The van der Waals surface area contributed by atoms with Gasteiger partial charge in [-0.25, -0.2) is 4.79 Å². The zero-order valence-corrected chi connectivity index (χ0v) is 21.9. The predicted molar refractivity (Wildman–Crippen MR) is 146 cm³/mol. The number of rotatable bonds is 6. The van der Waals surface area contributed by atoms with Gasteiger partial charge in [0.05, 0.1) is 27.2 Å². The minimum absolute atomic E-state index is 0.0137. The number of aromatic amines is 2. The molecule has 0 atom stereocenters. The van der Waals surface area contributed by atoms with Crippen LogP contribution in [0.15, 0.2) is 64.0 Å². The third-order valence-electron chi connectivity index (χ3n) is 7.10. The lowest BCUT2D eigenvalue weighted by Crippen LogP contribution is -2.17. The molecule has 12 heteroatoms. The second kappa shape index (κ2) is 10.5. The highest BCUT2D eigenvalue weighted by Crippen LogP contribution is 2.47. The highest BCUT2D eigenvalue weighted by Gasteiger charge is 2.34. The number of benzene rings is 2. The summed E-state index contributed by atoms with van der Waals surface area (Å²) in [6, 6.07) is 13.4. The van der Waals surface area contributed by atoms with Gasteiger partial charge in [0.1, 0.15) is 0 Å². The van der Waals surface area contributed by atoms with Crippen LogP contribution < -0.4 is 5.76 Å². The first-order valence-corrected chi connectivity index (χ1v) is 13.0. The van der Waals surface area contributed by atoms with Gasteiger partial charge in [0, 0.05) is 6.20 Å². The van der Waals surface area contributed by atoms with Gasteiger partial charge in [-0.3, -0.25) is 19.6 Å². The molecule has 0 unspecified atom stereocenters. The van der Waals surface area contributed by atoms with Crippen molar-refractivity contribution in [3.8, 4) is 0 Å². The standard InChI is InChI=1S/C29H20ClF4N5O2/c30-21-13-19(29(32,33)34)14-35-26(21)25(16-2-1-3-16)24(18-9-10-22-20(12-18)27(31)38-37-22)17-7-4-15(5-8-17)6-11-23-36-28(40)41-39-23/h4-14,16H,1-3H2,(H,37,38)(H,36,39,40). The Kier molecular flexibility index (Phi) is 6.82. The molecule has 0 saturated heterocycles. The summed E-state index contributed by atoms with van der Waals surface area (Å²) in [7, 11) is 0. The summed E-state index contributed by atoms with van der Waals surface area (Å²) in [5, 5.41) is 10.1. The molecule has 3 aromatic heterocycles. The average molecular weight is 582 g/mol. The van der Waals surface area contributed by atoms with Gasteiger partial charge in [-0.05, 0) is 70.9 Å². The number of aromatic nitrogens is 5. The van der Waals surface area contributed by atoms with E-state index in [0.717, 1.165) is 42.7 Å². The summed E-state index contributed by atoms with van der Waals surface area (Å²) >= 11 is 6.48. The smallest absolute Gasteiger partial charge is 0.296 e. The van der Waals surface area contributed by atoms with Crippen LogP contribution in [0.25, 0.3) is 34.2 Å². The molecular weight excluding hydrogens is 562 g/mol. The molecule has 0 spiro atoms. The van der Waals surface area contributed by atoms with Crippen LogP contribution in [0.1, 0.15) is 53.0 Å². The number of halogens is 5. The lowest BCUT2D eigenvalue weighted by Gasteiger charge is -2.31. The molecule has 3 heterocycles. The minimum atomic E-state index is -4.59. The van der Waals surface area contributed by atoms with Crippen molar-refractivity contribution in [1.29, 1.82) is 0 Å². The molecule has 0 bridgehead atoms. The SMILES string of the molecule is O=c1[nH]c(C=Cc2ccc(C(=C(c3ncc(C(F)(F)F)cc3Cl)C3CCC3)c3ccc4[nH]nc(F)c4c3)cc2)no1. The summed E-state index contributed by atoms with van der Waals surface area (Å²) in [5.41, 5.74) is 3.36. The number of H-pyrrole nitrogens is 2. The maximum Gasteiger partial charge on any atom is 0.439 e. The monoisotopic (exact) mass is 581 g/mol. The molecule has 1 aliphatic rings. The van der Waals surface area contributed by atoms with Crippen LogP contribution in [0.4, 0.5) is 17.6 Å². The molecule has 2 N–H and O–H groups in total. The number of alkyl halides is 3. The fourth-order valence-corrected chi connectivity index (χ4v) is 5.14. The Balaban J connectivity index is 1.53. The molecular formula is C29H20ClF4N5O2. The van der Waals surface area contributed by atoms with Crippen molar-refractivity contribution in [3.63, 3.8) is 0 Å². The van der Waals surface area contributed by atoms with Gasteiger partial charge in [0.25, 0.3) is 0 Å². The van der Waals surface area contributed by atoms with E-state index in [2.05, 4.69) is 29.8 Å². The Labute approximate surface area is 234 Å². The van der Waals surface area contributed by atoms with Crippen LogP contribution in [0.5, 0.6) is 0 Å². The summed E-state index contributed by atoms with van der Waals surface area (Å²) in [6.45, 7) is 0. The van der Waals surface area contributed by atoms with Gasteiger partial charge in [0.2, 0.25) is 5.95 Å². The van der Waals surface area contributed by atoms with Crippen molar-refractivity contribution in [2.75, 3.05) is 0 Å². The molecule has 1 saturated carbocycles. The van der Waals surface area contributed by atoms with Crippen LogP contribution in [-0.4, -0.2) is 25.3 Å². The van der Waals surface area contributed by atoms with Gasteiger partial charge in [-0.1, -0.05) is 59.6 Å². The maximum absolute atomic E-state index is 14.5. The van der Waals surface area contributed by atoms with E-state index in [1.165, 1.54) is 0 Å². The van der Waals surface area contributed by atoms with E-state index >= 15 is 0 Å². The molecule has 2 aromatic carbocycles. The van der Waals surface area contributed by atoms with Crippen LogP contribution in [-0.2, 0) is 6.18 Å². The van der Waals surface area contributed by atoms with E-state index in [4.69, 9.17) is 11.6 Å². The molecule has 1 aliphatic carbocycles. The number of nitrogens with zero attached hydrogens (tertiary/aromatic N) is 3. The molecule has 7 nitrogen and oxygen atoms in total. The van der Waals surface area contributed by atoms with E-state index in [-0.39, 0.29) is 27.8 Å². The number of hydrogen-bond acceptors (Lipinski definition) is 5. The molecule has 0 amide bonds. The first-order chi connectivity index (χ1) is 19.7. The largest absolute Gasteiger partial charge is 0.439 e. The van der Waals surface area contributed by atoms with Crippen LogP contribution in [0, 0.1) is 11.9 Å². The highest BCUT2D eigenvalue weighted by molar-refractivity contribution is 6.32. The summed E-state index contributed by atoms with van der Waals surface area (Å²) in [6.07, 6.45) is 2.06. The molecule has 0 aliphatic heterocycles. The summed E-state index contributed by atoms with van der Waals surface area (Å²) in [5.74, 6) is -1.09. The molecule has 41 heavy (non-hydrogen) atoms. The van der Waals surface area contributed by atoms with E-state index in [1.54, 1.807) is 30.4 Å².